The van der Waals surface area contributed by atoms with Crippen molar-refractivity contribution in [2.24, 2.45) is 5.92 Å². The first-order valence-electron chi connectivity index (χ1n) is 9.78. The zero-order chi connectivity index (χ0) is 18.9. The summed E-state index contributed by atoms with van der Waals surface area (Å²) in [6, 6.07) is 3.73. The van der Waals surface area contributed by atoms with Crippen LogP contribution in [-0.2, 0) is 11.2 Å². The number of rotatable bonds is 6. The maximum atomic E-state index is 11.8. The first-order chi connectivity index (χ1) is 12.3. The van der Waals surface area contributed by atoms with Gasteiger partial charge < -0.3 is 14.7 Å². The summed E-state index contributed by atoms with van der Waals surface area (Å²) in [5.41, 5.74) is 1.04. The van der Waals surface area contributed by atoms with Crippen LogP contribution in [0.4, 0.5) is 0 Å². The molecule has 0 spiro atoms. The molecule has 144 valence electrons. The first kappa shape index (κ1) is 19.5. The number of carboxylic acids is 1. The van der Waals surface area contributed by atoms with E-state index in [0.29, 0.717) is 10.9 Å². The summed E-state index contributed by atoms with van der Waals surface area (Å²) in [6.07, 6.45) is 5.78. The minimum Gasteiger partial charge on any atom is -0.486 e. The Labute approximate surface area is 161 Å². The number of nitrogens with zero attached hydrogens (tertiary/aromatic N) is 1. The molecule has 0 amide bonds. The van der Waals surface area contributed by atoms with Gasteiger partial charge in [0.15, 0.2) is 0 Å². The van der Waals surface area contributed by atoms with Gasteiger partial charge in [-0.15, -0.1) is 0 Å². The molecule has 0 aliphatic carbocycles. The number of piperidine rings is 1. The van der Waals surface area contributed by atoms with Gasteiger partial charge in [0.05, 0.1) is 0 Å². The second-order valence-electron chi connectivity index (χ2n) is 8.30. The quantitative estimate of drug-likeness (QED) is 0.775. The molecule has 3 rings (SSSR count). The average Bonchev–Trinajstić information content (AvgIpc) is 2.84. The molecule has 1 aromatic rings. The zero-order valence-electron chi connectivity index (χ0n) is 16.1. The van der Waals surface area contributed by atoms with Crippen LogP contribution < -0.4 is 4.74 Å². The average molecular weight is 380 g/mol. The Hall–Kier alpha value is -1.26. The van der Waals surface area contributed by atoms with Gasteiger partial charge in [-0.05, 0) is 82.8 Å². The van der Waals surface area contributed by atoms with E-state index in [2.05, 4.69) is 11.8 Å². The molecule has 1 atom stereocenters. The third-order valence-electron chi connectivity index (χ3n) is 5.82. The lowest BCUT2D eigenvalue weighted by molar-refractivity contribution is -0.142. The number of benzene rings is 1. The molecule has 1 unspecified atom stereocenters. The molecule has 4 nitrogen and oxygen atoms in total. The number of fused-ring (bicyclic) bond motifs is 1. The van der Waals surface area contributed by atoms with Crippen LogP contribution in [0.25, 0.3) is 0 Å². The Morgan fingerprint density at radius 3 is 2.65 bits per heavy atom. The van der Waals surface area contributed by atoms with Crippen LogP contribution in [0.3, 0.4) is 0 Å². The highest BCUT2D eigenvalue weighted by Crippen LogP contribution is 2.48. The fourth-order valence-electron chi connectivity index (χ4n) is 4.40. The predicted octanol–water partition coefficient (Wildman–Crippen LogP) is 4.73. The third-order valence-corrected chi connectivity index (χ3v) is 6.04. The fourth-order valence-corrected chi connectivity index (χ4v) is 4.65. The molecule has 5 heteroatoms. The number of halogens is 1. The monoisotopic (exact) mass is 379 g/mol. The summed E-state index contributed by atoms with van der Waals surface area (Å²) in [4.78, 5) is 14.3. The van der Waals surface area contributed by atoms with Crippen LogP contribution in [0.2, 0.25) is 5.02 Å². The largest absolute Gasteiger partial charge is 0.486 e. The molecule has 1 saturated heterocycles. The number of carboxylic acid groups (broad SMARTS) is 1. The van der Waals surface area contributed by atoms with Crippen molar-refractivity contribution in [3.63, 3.8) is 0 Å². The smallest absolute Gasteiger partial charge is 0.315 e. The van der Waals surface area contributed by atoms with Crippen LogP contribution in [0.5, 0.6) is 5.75 Å². The molecule has 26 heavy (non-hydrogen) atoms. The van der Waals surface area contributed by atoms with Crippen molar-refractivity contribution in [2.45, 2.75) is 64.4 Å². The van der Waals surface area contributed by atoms with Gasteiger partial charge in [0.2, 0.25) is 0 Å². The normalized spacial score (nSPS) is 22.8. The van der Waals surface area contributed by atoms with E-state index >= 15 is 0 Å². The third kappa shape index (κ3) is 4.01. The number of carbonyl (C=O) groups is 1. The molecule has 1 fully saturated rings. The summed E-state index contributed by atoms with van der Waals surface area (Å²) >= 11 is 6.33. The molecule has 1 N–H and O–H groups in total. The molecule has 2 aliphatic heterocycles. The van der Waals surface area contributed by atoms with Crippen molar-refractivity contribution in [3.8, 4) is 5.75 Å². The highest BCUT2D eigenvalue weighted by molar-refractivity contribution is 6.30. The number of hydrogen-bond acceptors (Lipinski definition) is 3. The Balaban J connectivity index is 1.75. The maximum absolute atomic E-state index is 11.8. The fraction of sp³-hybridized carbons (Fsp3) is 0.667. The van der Waals surface area contributed by atoms with Gasteiger partial charge in [-0.3, -0.25) is 4.79 Å². The highest BCUT2D eigenvalue weighted by atomic mass is 35.5. The lowest BCUT2D eigenvalue weighted by atomic mass is 9.85. The summed E-state index contributed by atoms with van der Waals surface area (Å²) < 4.78 is 6.12. The Bertz CT molecular complexity index is 665. The van der Waals surface area contributed by atoms with E-state index in [4.69, 9.17) is 16.3 Å². The van der Waals surface area contributed by atoms with Gasteiger partial charge in [0, 0.05) is 10.6 Å². The lowest BCUT2D eigenvalue weighted by Crippen LogP contribution is -2.35. The van der Waals surface area contributed by atoms with E-state index in [-0.39, 0.29) is 0 Å². The molecular weight excluding hydrogens is 350 g/mol. The van der Waals surface area contributed by atoms with E-state index in [0.717, 1.165) is 36.4 Å². The molecule has 2 heterocycles. The topological polar surface area (TPSA) is 49.8 Å². The van der Waals surface area contributed by atoms with E-state index in [1.807, 2.05) is 19.9 Å². The summed E-state index contributed by atoms with van der Waals surface area (Å²) in [6.45, 7) is 9.42. The van der Waals surface area contributed by atoms with Crippen molar-refractivity contribution < 1.29 is 14.6 Å². The Kier molecular flexibility index (Phi) is 5.83. The maximum Gasteiger partial charge on any atom is 0.315 e. The molecule has 0 bridgehead atoms. The summed E-state index contributed by atoms with van der Waals surface area (Å²) in [5, 5.41) is 10.3. The Morgan fingerprint density at radius 1 is 1.35 bits per heavy atom. The number of unbranched alkanes of at least 4 members (excludes halogenated alkanes) is 1. The molecular formula is C21H30ClNO3. The molecule has 0 radical (unpaired) electrons. The van der Waals surface area contributed by atoms with Crippen molar-refractivity contribution in [1.82, 2.24) is 4.90 Å². The van der Waals surface area contributed by atoms with Gasteiger partial charge in [-0.2, -0.15) is 0 Å². The van der Waals surface area contributed by atoms with Gasteiger partial charge >= 0.3 is 5.97 Å². The van der Waals surface area contributed by atoms with E-state index in [9.17, 15) is 9.90 Å². The van der Waals surface area contributed by atoms with Crippen molar-refractivity contribution in [3.05, 3.63) is 28.3 Å². The van der Waals surface area contributed by atoms with Gasteiger partial charge in [-0.25, -0.2) is 0 Å². The molecule has 1 aromatic carbocycles. The van der Waals surface area contributed by atoms with Crippen LogP contribution in [0.1, 0.15) is 63.5 Å². The molecule has 0 aromatic heterocycles. The second kappa shape index (κ2) is 7.77. The van der Waals surface area contributed by atoms with Crippen molar-refractivity contribution >= 4 is 17.6 Å². The standard InChI is InChI=1S/C21H30ClNO3/c1-4-5-8-23-9-6-14(7-10-23)11-15-12-16(22)13-17-18(20(24)25)21(2,3)26-19(15)17/h12-14,18H,4-11H2,1-3H3,(H,24,25). The van der Waals surface area contributed by atoms with E-state index in [1.54, 1.807) is 6.07 Å². The first-order valence-corrected chi connectivity index (χ1v) is 10.2. The van der Waals surface area contributed by atoms with Crippen LogP contribution in [0.15, 0.2) is 12.1 Å². The summed E-state index contributed by atoms with van der Waals surface area (Å²) in [5.74, 6) is -0.178. The number of likely N-dealkylation sites (tertiary alicyclic amines) is 1. The second-order valence-corrected chi connectivity index (χ2v) is 8.74. The van der Waals surface area contributed by atoms with E-state index < -0.39 is 17.5 Å². The van der Waals surface area contributed by atoms with Gasteiger partial charge in [-0.1, -0.05) is 24.9 Å². The van der Waals surface area contributed by atoms with Gasteiger partial charge in [0.1, 0.15) is 17.3 Å². The molecule has 0 saturated carbocycles. The zero-order valence-corrected chi connectivity index (χ0v) is 16.8. The number of aliphatic carboxylic acids is 1. The van der Waals surface area contributed by atoms with Crippen LogP contribution in [-0.4, -0.2) is 41.2 Å². The molecule has 2 aliphatic rings. The van der Waals surface area contributed by atoms with Gasteiger partial charge in [0.25, 0.3) is 0 Å². The van der Waals surface area contributed by atoms with Crippen LogP contribution in [0, 0.1) is 5.92 Å². The highest BCUT2D eigenvalue weighted by Gasteiger charge is 2.47. The minimum absolute atomic E-state index is 0.603. The van der Waals surface area contributed by atoms with Crippen molar-refractivity contribution in [1.29, 1.82) is 0 Å². The van der Waals surface area contributed by atoms with Crippen LogP contribution >= 0.6 is 11.6 Å². The number of hydrogen-bond donors (Lipinski definition) is 1. The predicted molar refractivity (Wildman–Crippen MR) is 104 cm³/mol. The summed E-state index contributed by atoms with van der Waals surface area (Å²) in [7, 11) is 0. The van der Waals surface area contributed by atoms with Crippen molar-refractivity contribution in [2.75, 3.05) is 19.6 Å². The van der Waals surface area contributed by atoms with E-state index in [1.165, 1.54) is 32.2 Å². The lowest BCUT2D eigenvalue weighted by Gasteiger charge is -2.32. The number of ether oxygens (including phenoxy) is 1. The minimum atomic E-state index is -0.855. The SMILES string of the molecule is CCCCN1CCC(Cc2cc(Cl)cc3c2OC(C)(C)C3C(=O)O)CC1. The Morgan fingerprint density at radius 2 is 2.04 bits per heavy atom.